The van der Waals surface area contributed by atoms with Crippen molar-refractivity contribution < 1.29 is 48.3 Å². The normalized spacial score (nSPS) is 12.7. The van der Waals surface area contributed by atoms with E-state index in [-0.39, 0.29) is 39.3 Å². The minimum atomic E-state index is -1.26. The molecule has 0 aromatic heterocycles. The van der Waals surface area contributed by atoms with E-state index in [0.717, 1.165) is 0 Å². The first-order valence-electron chi connectivity index (χ1n) is 7.25. The Morgan fingerprint density at radius 1 is 0.833 bits per heavy atom. The van der Waals surface area contributed by atoms with E-state index in [9.17, 15) is 19.2 Å². The molecule has 2 atom stereocenters. The van der Waals surface area contributed by atoms with E-state index in [2.05, 4.69) is 9.47 Å². The Morgan fingerprint density at radius 3 is 1.96 bits per heavy atom. The summed E-state index contributed by atoms with van der Waals surface area (Å²) in [5.41, 5.74) is 0. The van der Waals surface area contributed by atoms with Gasteiger partial charge in [0.25, 0.3) is 0 Å². The lowest BCUT2D eigenvalue weighted by molar-refractivity contribution is -0.168. The molecule has 0 amide bonds. The van der Waals surface area contributed by atoms with Crippen molar-refractivity contribution in [2.45, 2.75) is 38.9 Å². The molecule has 0 aliphatic rings. The van der Waals surface area contributed by atoms with Crippen molar-refractivity contribution in [1.82, 2.24) is 0 Å². The predicted molar refractivity (Wildman–Crippen MR) is 76.4 cm³/mol. The van der Waals surface area contributed by atoms with Crippen LogP contribution in [0.25, 0.3) is 0 Å². The van der Waals surface area contributed by atoms with Gasteiger partial charge in [-0.3, -0.25) is 9.59 Å². The highest BCUT2D eigenvalue weighted by atomic mass is 16.6. The van der Waals surface area contributed by atoms with Crippen LogP contribution in [0.4, 0.5) is 0 Å². The fourth-order valence-electron chi connectivity index (χ4n) is 1.26. The van der Waals surface area contributed by atoms with Crippen LogP contribution in [0.1, 0.15) is 26.7 Å². The summed E-state index contributed by atoms with van der Waals surface area (Å²) in [4.78, 5) is 45.0. The molecule has 0 spiro atoms. The summed E-state index contributed by atoms with van der Waals surface area (Å²) < 4.78 is 18.6. The maximum Gasteiger partial charge on any atom is 0.347 e. The van der Waals surface area contributed by atoms with Crippen molar-refractivity contribution in [3.8, 4) is 0 Å². The van der Waals surface area contributed by atoms with E-state index in [4.69, 9.17) is 19.7 Å². The van der Waals surface area contributed by atoms with Crippen molar-refractivity contribution in [3.05, 3.63) is 0 Å². The van der Waals surface area contributed by atoms with E-state index in [0.29, 0.717) is 0 Å². The van der Waals surface area contributed by atoms with Crippen LogP contribution in [0.2, 0.25) is 0 Å². The van der Waals surface area contributed by atoms with Gasteiger partial charge in [0.2, 0.25) is 0 Å². The van der Waals surface area contributed by atoms with Crippen LogP contribution >= 0.6 is 0 Å². The van der Waals surface area contributed by atoms with Crippen molar-refractivity contribution in [3.63, 3.8) is 0 Å². The number of ether oxygens (including phenoxy) is 4. The Labute approximate surface area is 138 Å². The van der Waals surface area contributed by atoms with E-state index in [1.807, 2.05) is 0 Å². The van der Waals surface area contributed by atoms with Gasteiger partial charge in [-0.25, -0.2) is 9.59 Å². The zero-order valence-electron chi connectivity index (χ0n) is 13.6. The standard InChI is InChI=1S/C14H22O10/c1-9(16)13(19)23-8-7-21-11(17)3-4-12(18)24-10(2)14(20)22-6-5-15/h9-10,15-16H,3-8H2,1-2H3. The number of hydrogen-bond acceptors (Lipinski definition) is 10. The number of aliphatic hydroxyl groups is 2. The highest BCUT2D eigenvalue weighted by molar-refractivity contribution is 5.81. The molecule has 10 nitrogen and oxygen atoms in total. The maximum absolute atomic E-state index is 11.4. The number of esters is 4. The summed E-state index contributed by atoms with van der Waals surface area (Å²) in [7, 11) is 0. The molecule has 138 valence electrons. The van der Waals surface area contributed by atoms with Gasteiger partial charge in [0.15, 0.2) is 6.10 Å². The molecular formula is C14H22O10. The van der Waals surface area contributed by atoms with Gasteiger partial charge in [-0.15, -0.1) is 0 Å². The summed E-state index contributed by atoms with van der Waals surface area (Å²) in [5.74, 6) is -3.15. The van der Waals surface area contributed by atoms with Crippen LogP contribution in [-0.2, 0) is 38.1 Å². The third-order valence-electron chi connectivity index (χ3n) is 2.44. The minimum absolute atomic E-state index is 0.202. The molecule has 2 N–H and O–H groups in total. The molecular weight excluding hydrogens is 328 g/mol. The maximum atomic E-state index is 11.4. The summed E-state index contributed by atoms with van der Waals surface area (Å²) in [6.45, 7) is 1.56. The van der Waals surface area contributed by atoms with Gasteiger partial charge in [0.1, 0.15) is 25.9 Å². The van der Waals surface area contributed by atoms with Crippen LogP contribution < -0.4 is 0 Å². The highest BCUT2D eigenvalue weighted by Crippen LogP contribution is 2.01. The average molecular weight is 350 g/mol. The lowest BCUT2D eigenvalue weighted by atomic mass is 10.3. The van der Waals surface area contributed by atoms with E-state index in [1.165, 1.54) is 13.8 Å². The lowest BCUT2D eigenvalue weighted by Gasteiger charge is -2.12. The molecule has 0 fully saturated rings. The molecule has 24 heavy (non-hydrogen) atoms. The first kappa shape index (κ1) is 21.8. The van der Waals surface area contributed by atoms with E-state index >= 15 is 0 Å². The zero-order valence-corrected chi connectivity index (χ0v) is 13.6. The van der Waals surface area contributed by atoms with Gasteiger partial charge in [-0.1, -0.05) is 0 Å². The Balaban J connectivity index is 3.83. The van der Waals surface area contributed by atoms with Crippen LogP contribution in [0.5, 0.6) is 0 Å². The van der Waals surface area contributed by atoms with Crippen LogP contribution in [-0.4, -0.2) is 72.7 Å². The number of hydrogen-bond donors (Lipinski definition) is 2. The number of aliphatic hydroxyl groups excluding tert-OH is 2. The predicted octanol–water partition coefficient (Wildman–Crippen LogP) is -1.30. The largest absolute Gasteiger partial charge is 0.462 e. The fraction of sp³-hybridized carbons (Fsp3) is 0.714. The van der Waals surface area contributed by atoms with Gasteiger partial charge in [-0.2, -0.15) is 0 Å². The summed E-state index contributed by atoms with van der Waals surface area (Å²) in [6.07, 6.45) is -2.99. The van der Waals surface area contributed by atoms with Gasteiger partial charge in [0.05, 0.1) is 19.4 Å². The Bertz CT molecular complexity index is 431. The molecule has 0 aromatic carbocycles. The SMILES string of the molecule is CC(O)C(=O)OCCOC(=O)CCC(=O)OC(C)C(=O)OCCO. The average Bonchev–Trinajstić information content (AvgIpc) is 2.54. The number of carbonyl (C=O) groups is 4. The van der Waals surface area contributed by atoms with Crippen LogP contribution in [0.3, 0.4) is 0 Å². The molecule has 0 saturated heterocycles. The second kappa shape index (κ2) is 12.3. The fourth-order valence-corrected chi connectivity index (χ4v) is 1.26. The third-order valence-corrected chi connectivity index (χ3v) is 2.44. The molecule has 10 heteroatoms. The summed E-state index contributed by atoms with van der Waals surface area (Å²) in [6, 6.07) is 0. The minimum Gasteiger partial charge on any atom is -0.462 e. The van der Waals surface area contributed by atoms with Crippen molar-refractivity contribution in [1.29, 1.82) is 0 Å². The topological polar surface area (TPSA) is 146 Å². The second-order valence-corrected chi connectivity index (χ2v) is 4.59. The van der Waals surface area contributed by atoms with Gasteiger partial charge < -0.3 is 29.2 Å². The van der Waals surface area contributed by atoms with Crippen LogP contribution in [0.15, 0.2) is 0 Å². The lowest BCUT2D eigenvalue weighted by Crippen LogP contribution is -2.27. The summed E-state index contributed by atoms with van der Waals surface area (Å²) in [5, 5.41) is 17.3. The van der Waals surface area contributed by atoms with Crippen molar-refractivity contribution in [2.24, 2.45) is 0 Å². The molecule has 0 bridgehead atoms. The van der Waals surface area contributed by atoms with Crippen molar-refractivity contribution >= 4 is 23.9 Å². The van der Waals surface area contributed by atoms with Gasteiger partial charge >= 0.3 is 23.9 Å². The van der Waals surface area contributed by atoms with Crippen LogP contribution in [0, 0.1) is 0 Å². The molecule has 0 heterocycles. The second-order valence-electron chi connectivity index (χ2n) is 4.59. The molecule has 0 aromatic rings. The molecule has 0 aliphatic heterocycles. The van der Waals surface area contributed by atoms with E-state index < -0.39 is 36.1 Å². The number of rotatable bonds is 11. The first-order valence-corrected chi connectivity index (χ1v) is 7.25. The highest BCUT2D eigenvalue weighted by Gasteiger charge is 2.20. The van der Waals surface area contributed by atoms with Gasteiger partial charge in [-0.05, 0) is 13.8 Å². The molecule has 0 radical (unpaired) electrons. The van der Waals surface area contributed by atoms with E-state index in [1.54, 1.807) is 0 Å². The first-order chi connectivity index (χ1) is 11.3. The Kier molecular flexibility index (Phi) is 11.1. The number of carbonyl (C=O) groups excluding carboxylic acids is 4. The third kappa shape index (κ3) is 10.5. The Hall–Kier alpha value is -2.20. The summed E-state index contributed by atoms with van der Waals surface area (Å²) >= 11 is 0. The molecule has 0 aliphatic carbocycles. The Morgan fingerprint density at radius 2 is 1.38 bits per heavy atom. The molecule has 0 rings (SSSR count). The smallest absolute Gasteiger partial charge is 0.347 e. The quantitative estimate of drug-likeness (QED) is 0.262. The molecule has 0 saturated carbocycles. The van der Waals surface area contributed by atoms with Crippen molar-refractivity contribution in [2.75, 3.05) is 26.4 Å². The monoisotopic (exact) mass is 350 g/mol. The zero-order chi connectivity index (χ0) is 18.5. The molecule has 2 unspecified atom stereocenters. The van der Waals surface area contributed by atoms with Gasteiger partial charge in [0, 0.05) is 0 Å².